The van der Waals surface area contributed by atoms with Gasteiger partial charge in [-0.25, -0.2) is 10.2 Å². The second-order valence-electron chi connectivity index (χ2n) is 4.71. The van der Waals surface area contributed by atoms with E-state index in [1.54, 1.807) is 0 Å². The highest BCUT2D eigenvalue weighted by Gasteiger charge is 1.95. The number of carbonyl (C=O) groups is 2. The number of unbranched alkanes of at least 4 members (excludes halogenated alkanes) is 7. The van der Waals surface area contributed by atoms with Crippen molar-refractivity contribution in [2.24, 2.45) is 11.5 Å². The summed E-state index contributed by atoms with van der Waals surface area (Å²) in [7, 11) is 0. The van der Waals surface area contributed by atoms with Gasteiger partial charge in [0, 0.05) is 13.0 Å². The normalized spacial score (nSPS) is 10.4. The lowest BCUT2D eigenvalue weighted by Gasteiger charge is -2.08. The number of urea groups is 1. The van der Waals surface area contributed by atoms with E-state index in [0.29, 0.717) is 6.42 Å². The first kappa shape index (κ1) is 18.6. The van der Waals surface area contributed by atoms with Crippen LogP contribution in [0, 0.1) is 0 Å². The molecule has 0 saturated heterocycles. The Labute approximate surface area is 120 Å². The van der Waals surface area contributed by atoms with Gasteiger partial charge in [-0.3, -0.25) is 10.2 Å². The van der Waals surface area contributed by atoms with E-state index in [1.165, 1.54) is 32.1 Å². The third-order valence-electron chi connectivity index (χ3n) is 2.81. The third kappa shape index (κ3) is 16.6. The number of nitrogens with one attached hydrogen (secondary N) is 4. The monoisotopic (exact) mass is 288 g/mol. The van der Waals surface area contributed by atoms with Crippen LogP contribution in [0.5, 0.6) is 0 Å². The van der Waals surface area contributed by atoms with Crippen molar-refractivity contribution in [2.45, 2.75) is 57.8 Å². The Balaban J connectivity index is 2.99. The van der Waals surface area contributed by atoms with Crippen LogP contribution in [-0.2, 0) is 4.79 Å². The molecule has 0 aromatic carbocycles. The zero-order valence-electron chi connectivity index (χ0n) is 12.0. The van der Waals surface area contributed by atoms with Gasteiger partial charge in [-0.15, -0.1) is 0 Å². The van der Waals surface area contributed by atoms with Gasteiger partial charge >= 0.3 is 6.03 Å². The SMILES string of the molecule is NC(=O)CCCCCCCCCCNNNNC(N)=O. The van der Waals surface area contributed by atoms with E-state index in [0.717, 1.165) is 25.8 Å². The molecule has 8 heteroatoms. The standard InChI is InChI=1S/C12H28N6O2/c13-11(19)9-7-5-3-1-2-4-6-8-10-15-17-18-16-12(14)20/h15,17-18H,1-10H2,(H2,13,19)(H3,14,16,20). The smallest absolute Gasteiger partial charge is 0.327 e. The van der Waals surface area contributed by atoms with Crippen LogP contribution in [0.25, 0.3) is 0 Å². The van der Waals surface area contributed by atoms with Gasteiger partial charge in [0.1, 0.15) is 0 Å². The molecular formula is C12H28N6O2. The van der Waals surface area contributed by atoms with Gasteiger partial charge < -0.3 is 11.5 Å². The maximum atomic E-state index is 10.5. The number of hydrogen-bond donors (Lipinski definition) is 6. The Bertz CT molecular complexity index is 236. The molecule has 0 aromatic heterocycles. The highest BCUT2D eigenvalue weighted by Crippen LogP contribution is 2.09. The van der Waals surface area contributed by atoms with Crippen LogP contribution in [0.15, 0.2) is 0 Å². The molecule has 8 N–H and O–H groups in total. The second-order valence-corrected chi connectivity index (χ2v) is 4.71. The maximum absolute atomic E-state index is 10.5. The maximum Gasteiger partial charge on any atom is 0.327 e. The van der Waals surface area contributed by atoms with Crippen LogP contribution in [0.3, 0.4) is 0 Å². The van der Waals surface area contributed by atoms with Crippen LogP contribution in [-0.4, -0.2) is 18.5 Å². The largest absolute Gasteiger partial charge is 0.370 e. The lowest BCUT2D eigenvalue weighted by molar-refractivity contribution is -0.118. The Morgan fingerprint density at radius 2 is 1.30 bits per heavy atom. The molecule has 0 unspecified atom stereocenters. The van der Waals surface area contributed by atoms with Crippen LogP contribution in [0.4, 0.5) is 4.79 Å². The molecule has 0 heterocycles. The van der Waals surface area contributed by atoms with Crippen LogP contribution in [0.2, 0.25) is 0 Å². The lowest BCUT2D eigenvalue weighted by atomic mass is 10.1. The third-order valence-corrected chi connectivity index (χ3v) is 2.81. The van der Waals surface area contributed by atoms with Gasteiger partial charge in [0.25, 0.3) is 0 Å². The van der Waals surface area contributed by atoms with Crippen LogP contribution >= 0.6 is 0 Å². The van der Waals surface area contributed by atoms with Gasteiger partial charge in [-0.1, -0.05) is 38.5 Å². The van der Waals surface area contributed by atoms with E-state index in [9.17, 15) is 9.59 Å². The lowest BCUT2D eigenvalue weighted by Crippen LogP contribution is -2.54. The fourth-order valence-electron chi connectivity index (χ4n) is 1.77. The van der Waals surface area contributed by atoms with E-state index in [4.69, 9.17) is 11.5 Å². The average molecular weight is 288 g/mol. The molecule has 0 aliphatic carbocycles. The number of hydrogen-bond acceptors (Lipinski definition) is 5. The van der Waals surface area contributed by atoms with E-state index in [2.05, 4.69) is 21.9 Å². The molecule has 0 aliphatic heterocycles. The Morgan fingerprint density at radius 1 is 0.750 bits per heavy atom. The zero-order valence-corrected chi connectivity index (χ0v) is 12.0. The quantitative estimate of drug-likeness (QED) is 0.200. The van der Waals surface area contributed by atoms with Crippen LogP contribution in [0.1, 0.15) is 57.8 Å². The number of rotatable bonds is 14. The van der Waals surface area contributed by atoms with Crippen molar-refractivity contribution in [1.29, 1.82) is 0 Å². The molecule has 0 fully saturated rings. The molecule has 20 heavy (non-hydrogen) atoms. The first-order valence-corrected chi connectivity index (χ1v) is 7.19. The van der Waals surface area contributed by atoms with Crippen molar-refractivity contribution in [3.63, 3.8) is 0 Å². The first-order valence-electron chi connectivity index (χ1n) is 7.19. The summed E-state index contributed by atoms with van der Waals surface area (Å²) in [6, 6.07) is -0.643. The Hall–Kier alpha value is -1.38. The van der Waals surface area contributed by atoms with Gasteiger partial charge in [0.15, 0.2) is 0 Å². The fraction of sp³-hybridized carbons (Fsp3) is 0.833. The molecule has 0 atom stereocenters. The number of nitrogens with two attached hydrogens (primary N) is 2. The highest BCUT2D eigenvalue weighted by atomic mass is 16.2. The van der Waals surface area contributed by atoms with E-state index in [-0.39, 0.29) is 5.91 Å². The van der Waals surface area contributed by atoms with Crippen molar-refractivity contribution in [3.8, 4) is 0 Å². The minimum absolute atomic E-state index is 0.202. The predicted octanol–water partition coefficient (Wildman–Crippen LogP) is 0.165. The van der Waals surface area contributed by atoms with Crippen LogP contribution < -0.4 is 33.4 Å². The van der Waals surface area contributed by atoms with Crippen molar-refractivity contribution in [2.75, 3.05) is 6.54 Å². The molecule has 0 saturated carbocycles. The number of amides is 3. The molecule has 0 aromatic rings. The summed E-state index contributed by atoms with van der Waals surface area (Å²) in [5.74, 6) is -0.202. The number of hydrazine groups is 3. The summed E-state index contributed by atoms with van der Waals surface area (Å²) in [5, 5.41) is 0. The minimum atomic E-state index is -0.643. The summed E-state index contributed by atoms with van der Waals surface area (Å²) < 4.78 is 0. The van der Waals surface area contributed by atoms with Crippen molar-refractivity contribution in [3.05, 3.63) is 0 Å². The number of primary amides is 2. The van der Waals surface area contributed by atoms with E-state index >= 15 is 0 Å². The fourth-order valence-corrected chi connectivity index (χ4v) is 1.77. The first-order chi connectivity index (χ1) is 9.63. The summed E-state index contributed by atoms with van der Waals surface area (Å²) in [6.07, 6.45) is 9.58. The number of carbonyl (C=O) groups excluding carboxylic acids is 2. The van der Waals surface area contributed by atoms with Gasteiger partial charge in [-0.2, -0.15) is 11.1 Å². The van der Waals surface area contributed by atoms with E-state index in [1.807, 2.05) is 0 Å². The summed E-state index contributed by atoms with van der Waals surface area (Å²) in [6.45, 7) is 0.812. The molecule has 0 spiro atoms. The Morgan fingerprint density at radius 3 is 1.85 bits per heavy atom. The summed E-state index contributed by atoms with van der Waals surface area (Å²) >= 11 is 0. The minimum Gasteiger partial charge on any atom is -0.370 e. The molecule has 0 bridgehead atoms. The average Bonchev–Trinajstić information content (AvgIpc) is 2.38. The van der Waals surface area contributed by atoms with Gasteiger partial charge in [-0.05, 0) is 12.8 Å². The molecule has 3 amide bonds. The van der Waals surface area contributed by atoms with E-state index < -0.39 is 6.03 Å². The predicted molar refractivity (Wildman–Crippen MR) is 77.7 cm³/mol. The molecular weight excluding hydrogens is 260 g/mol. The summed E-state index contributed by atoms with van der Waals surface area (Å²) in [4.78, 5) is 20.8. The molecule has 118 valence electrons. The molecule has 0 radical (unpaired) electrons. The highest BCUT2D eigenvalue weighted by molar-refractivity contribution is 5.73. The molecule has 8 nitrogen and oxygen atoms in total. The van der Waals surface area contributed by atoms with Crippen molar-refractivity contribution in [1.82, 2.24) is 21.9 Å². The zero-order chi connectivity index (χ0) is 15.1. The second kappa shape index (κ2) is 14.0. The van der Waals surface area contributed by atoms with Gasteiger partial charge in [0.05, 0.1) is 0 Å². The Kier molecular flexibility index (Phi) is 13.1. The van der Waals surface area contributed by atoms with Crippen molar-refractivity contribution >= 4 is 11.9 Å². The molecule has 0 aliphatic rings. The molecule has 0 rings (SSSR count). The topological polar surface area (TPSA) is 134 Å². The van der Waals surface area contributed by atoms with Crippen molar-refractivity contribution < 1.29 is 9.59 Å². The summed E-state index contributed by atoms with van der Waals surface area (Å²) in [5.41, 5.74) is 20.0. The van der Waals surface area contributed by atoms with Gasteiger partial charge in [0.2, 0.25) is 5.91 Å².